The third-order valence-corrected chi connectivity index (χ3v) is 5.20. The van der Waals surface area contributed by atoms with Crippen LogP contribution >= 0.6 is 35.3 Å². The summed E-state index contributed by atoms with van der Waals surface area (Å²) in [7, 11) is 1.93. The summed E-state index contributed by atoms with van der Waals surface area (Å²) >= 11 is 1.72. The molecule has 0 bridgehead atoms. The van der Waals surface area contributed by atoms with Crippen molar-refractivity contribution >= 4 is 41.3 Å². The second-order valence-corrected chi connectivity index (χ2v) is 6.97. The lowest BCUT2D eigenvalue weighted by Gasteiger charge is -2.10. The van der Waals surface area contributed by atoms with Gasteiger partial charge in [-0.2, -0.15) is 5.10 Å². The van der Waals surface area contributed by atoms with Gasteiger partial charge in [0.1, 0.15) is 5.01 Å². The van der Waals surface area contributed by atoms with Crippen molar-refractivity contribution in [2.45, 2.75) is 26.9 Å². The van der Waals surface area contributed by atoms with Crippen molar-refractivity contribution in [3.63, 3.8) is 0 Å². The van der Waals surface area contributed by atoms with E-state index in [0.717, 1.165) is 34.5 Å². The molecule has 0 saturated heterocycles. The third kappa shape index (κ3) is 5.77. The monoisotopic (exact) mass is 496 g/mol. The van der Waals surface area contributed by atoms with Gasteiger partial charge in [0, 0.05) is 30.2 Å². The Balaban J connectivity index is 0.00000261. The van der Waals surface area contributed by atoms with Crippen molar-refractivity contribution < 1.29 is 0 Å². The van der Waals surface area contributed by atoms with E-state index in [1.807, 2.05) is 36.0 Å². The number of hydrogen-bond acceptors (Lipinski definition) is 4. The molecule has 3 aromatic rings. The van der Waals surface area contributed by atoms with Gasteiger partial charge >= 0.3 is 0 Å². The number of guanidine groups is 1. The molecule has 6 nitrogen and oxygen atoms in total. The molecule has 144 valence electrons. The van der Waals surface area contributed by atoms with Gasteiger partial charge in [-0.15, -0.1) is 35.3 Å². The predicted octanol–water partition coefficient (Wildman–Crippen LogP) is 3.73. The minimum absolute atomic E-state index is 0. The second-order valence-electron chi connectivity index (χ2n) is 5.89. The fraction of sp³-hybridized carbons (Fsp3) is 0.316. The average Bonchev–Trinajstić information content (AvgIpc) is 3.23. The molecule has 0 atom stereocenters. The van der Waals surface area contributed by atoms with E-state index in [0.29, 0.717) is 13.1 Å². The summed E-state index contributed by atoms with van der Waals surface area (Å²) in [5.74, 6) is 0.794. The van der Waals surface area contributed by atoms with E-state index in [-0.39, 0.29) is 24.0 Å². The van der Waals surface area contributed by atoms with Gasteiger partial charge in [-0.25, -0.2) is 9.98 Å². The summed E-state index contributed by atoms with van der Waals surface area (Å²) in [4.78, 5) is 10.6. The van der Waals surface area contributed by atoms with E-state index in [9.17, 15) is 0 Å². The lowest BCUT2D eigenvalue weighted by atomic mass is 10.2. The van der Waals surface area contributed by atoms with Crippen LogP contribution in [0, 0.1) is 6.92 Å². The maximum atomic E-state index is 4.71. The van der Waals surface area contributed by atoms with Gasteiger partial charge in [0.2, 0.25) is 0 Å². The number of aromatic nitrogens is 3. The van der Waals surface area contributed by atoms with E-state index in [1.54, 1.807) is 17.5 Å². The fourth-order valence-electron chi connectivity index (χ4n) is 2.52. The largest absolute Gasteiger partial charge is 0.357 e. The zero-order valence-corrected chi connectivity index (χ0v) is 18.9. The lowest BCUT2D eigenvalue weighted by molar-refractivity contribution is 0.707. The first kappa shape index (κ1) is 21.4. The Labute approximate surface area is 181 Å². The molecule has 0 unspecified atom stereocenters. The molecule has 27 heavy (non-hydrogen) atoms. The first-order chi connectivity index (χ1) is 12.7. The zero-order chi connectivity index (χ0) is 18.4. The van der Waals surface area contributed by atoms with E-state index >= 15 is 0 Å². The van der Waals surface area contributed by atoms with E-state index < -0.39 is 0 Å². The van der Waals surface area contributed by atoms with Gasteiger partial charge in [-0.3, -0.25) is 4.68 Å². The van der Waals surface area contributed by atoms with Crippen LogP contribution in [-0.2, 0) is 20.1 Å². The van der Waals surface area contributed by atoms with Gasteiger partial charge < -0.3 is 10.6 Å². The molecule has 3 rings (SSSR count). The molecule has 0 aliphatic rings. The van der Waals surface area contributed by atoms with Crippen molar-refractivity contribution in [3.05, 3.63) is 58.9 Å². The molecule has 1 aromatic carbocycles. The Morgan fingerprint density at radius 3 is 2.63 bits per heavy atom. The number of hydrogen-bond donors (Lipinski definition) is 2. The summed E-state index contributed by atoms with van der Waals surface area (Å²) in [6.07, 6.45) is 1.79. The van der Waals surface area contributed by atoms with E-state index in [4.69, 9.17) is 4.98 Å². The normalized spacial score (nSPS) is 11.1. The van der Waals surface area contributed by atoms with E-state index in [2.05, 4.69) is 46.7 Å². The summed E-state index contributed by atoms with van der Waals surface area (Å²) in [6.45, 7) is 6.22. The number of aryl methyl sites for hydroxylation is 2. The highest BCUT2D eigenvalue weighted by Gasteiger charge is 2.10. The molecule has 2 N–H and O–H groups in total. The van der Waals surface area contributed by atoms with Crippen molar-refractivity contribution in [2.24, 2.45) is 12.0 Å². The standard InChI is InChI=1S/C19H24N6S.HI/c1-4-20-19(21-12-16-10-11-23-25(16)3)22-13-17-14(2)24-18(26-17)15-8-6-5-7-9-15;/h5-11H,4,12-13H2,1-3H3,(H2,20,21,22);1H. The minimum Gasteiger partial charge on any atom is -0.357 e. The highest BCUT2D eigenvalue weighted by molar-refractivity contribution is 14.0. The Morgan fingerprint density at radius 2 is 1.96 bits per heavy atom. The molecule has 0 radical (unpaired) electrons. The minimum atomic E-state index is 0. The Morgan fingerprint density at radius 1 is 1.19 bits per heavy atom. The number of rotatable bonds is 6. The van der Waals surface area contributed by atoms with Crippen LogP contribution in [-0.4, -0.2) is 27.3 Å². The van der Waals surface area contributed by atoms with Gasteiger partial charge in [0.25, 0.3) is 0 Å². The molecule has 0 aliphatic heterocycles. The Bertz CT molecular complexity index is 871. The van der Waals surface area contributed by atoms with Crippen LogP contribution in [0.1, 0.15) is 23.2 Å². The lowest BCUT2D eigenvalue weighted by Crippen LogP contribution is -2.36. The van der Waals surface area contributed by atoms with Gasteiger partial charge in [0.15, 0.2) is 5.96 Å². The predicted molar refractivity (Wildman–Crippen MR) is 123 cm³/mol. The first-order valence-electron chi connectivity index (χ1n) is 8.68. The van der Waals surface area contributed by atoms with Crippen LogP contribution in [0.5, 0.6) is 0 Å². The van der Waals surface area contributed by atoms with E-state index in [1.165, 1.54) is 4.88 Å². The number of benzene rings is 1. The topological polar surface area (TPSA) is 67.1 Å². The SMILES string of the molecule is CCNC(=NCc1ccnn1C)NCc1sc(-c2ccccc2)nc1C.I. The van der Waals surface area contributed by atoms with Gasteiger partial charge in [-0.1, -0.05) is 30.3 Å². The van der Waals surface area contributed by atoms with Crippen molar-refractivity contribution in [3.8, 4) is 10.6 Å². The number of aliphatic imine (C=N–C) groups is 1. The first-order valence-corrected chi connectivity index (χ1v) is 9.49. The molecular weight excluding hydrogens is 471 g/mol. The summed E-state index contributed by atoms with van der Waals surface area (Å²) < 4.78 is 1.84. The van der Waals surface area contributed by atoms with Crippen molar-refractivity contribution in [1.29, 1.82) is 0 Å². The van der Waals surface area contributed by atoms with Gasteiger partial charge in [0.05, 0.1) is 24.5 Å². The molecule has 2 aromatic heterocycles. The van der Waals surface area contributed by atoms with Crippen molar-refractivity contribution in [2.75, 3.05) is 6.54 Å². The van der Waals surface area contributed by atoms with Crippen LogP contribution < -0.4 is 10.6 Å². The Kier molecular flexibility index (Phi) is 8.23. The average molecular weight is 496 g/mol. The molecule has 0 spiro atoms. The molecule has 2 heterocycles. The third-order valence-electron chi connectivity index (χ3n) is 4.00. The smallest absolute Gasteiger partial charge is 0.191 e. The van der Waals surface area contributed by atoms with Crippen LogP contribution in [0.3, 0.4) is 0 Å². The highest BCUT2D eigenvalue weighted by atomic mass is 127. The second kappa shape index (κ2) is 10.4. The molecule has 0 amide bonds. The molecular formula is C19H25IN6S. The molecule has 0 aliphatic carbocycles. The van der Waals surface area contributed by atoms with Crippen LogP contribution in [0.25, 0.3) is 10.6 Å². The fourth-order valence-corrected chi connectivity index (χ4v) is 3.53. The maximum absolute atomic E-state index is 4.71. The zero-order valence-electron chi connectivity index (χ0n) is 15.8. The summed E-state index contributed by atoms with van der Waals surface area (Å²) in [5, 5.41) is 11.9. The number of halogens is 1. The molecule has 8 heteroatoms. The summed E-state index contributed by atoms with van der Waals surface area (Å²) in [6, 6.07) is 12.3. The molecule has 0 fully saturated rings. The quantitative estimate of drug-likeness (QED) is 0.310. The van der Waals surface area contributed by atoms with Gasteiger partial charge in [-0.05, 0) is 19.9 Å². The highest BCUT2D eigenvalue weighted by Crippen LogP contribution is 2.27. The number of nitrogens with zero attached hydrogens (tertiary/aromatic N) is 4. The van der Waals surface area contributed by atoms with Crippen LogP contribution in [0.15, 0.2) is 47.6 Å². The van der Waals surface area contributed by atoms with Crippen LogP contribution in [0.4, 0.5) is 0 Å². The number of nitrogens with one attached hydrogen (secondary N) is 2. The molecule has 0 saturated carbocycles. The number of thiazole rings is 1. The maximum Gasteiger partial charge on any atom is 0.191 e. The Hall–Kier alpha value is -1.94. The van der Waals surface area contributed by atoms with Crippen LogP contribution in [0.2, 0.25) is 0 Å². The van der Waals surface area contributed by atoms with Crippen molar-refractivity contribution in [1.82, 2.24) is 25.4 Å². The summed E-state index contributed by atoms with van der Waals surface area (Å²) in [5.41, 5.74) is 3.29.